The molecule has 0 bridgehead atoms. The normalized spacial score (nSPS) is 24.0. The zero-order valence-electron chi connectivity index (χ0n) is 15.5. The lowest BCUT2D eigenvalue weighted by Crippen LogP contribution is -2.19. The Bertz CT molecular complexity index is 701. The summed E-state index contributed by atoms with van der Waals surface area (Å²) in [5.41, 5.74) is 2.06. The van der Waals surface area contributed by atoms with E-state index >= 15 is 0 Å². The molecule has 140 valence electrons. The highest BCUT2D eigenvalue weighted by molar-refractivity contribution is 5.30. The Labute approximate surface area is 155 Å². The van der Waals surface area contributed by atoms with Crippen LogP contribution in [0.3, 0.4) is 0 Å². The predicted octanol–water partition coefficient (Wildman–Crippen LogP) is 4.98. The van der Waals surface area contributed by atoms with E-state index in [0.717, 1.165) is 43.1 Å². The fourth-order valence-corrected chi connectivity index (χ4v) is 4.34. The van der Waals surface area contributed by atoms with Crippen LogP contribution in [0.2, 0.25) is 0 Å². The van der Waals surface area contributed by atoms with Gasteiger partial charge in [0.05, 0.1) is 6.10 Å². The van der Waals surface area contributed by atoms with Crippen molar-refractivity contribution in [2.24, 2.45) is 0 Å². The standard InChI is InChI=1S/C21H28N2O3/c1-24-18-10-8-15(9-11-18)19-7-4-12-22-21(19)26-14-17-13-25-20(23-17)16-5-2-3-6-16/h4,7,12-13,15-16,18H,2-3,5-6,8-11,14H2,1H3. The molecule has 2 fully saturated rings. The Morgan fingerprint density at radius 1 is 1.08 bits per heavy atom. The maximum atomic E-state index is 6.04. The molecule has 5 nitrogen and oxygen atoms in total. The van der Waals surface area contributed by atoms with Gasteiger partial charge in [0, 0.05) is 24.8 Å². The summed E-state index contributed by atoms with van der Waals surface area (Å²) in [6.07, 6.45) is 13.3. The number of hydrogen-bond donors (Lipinski definition) is 0. The monoisotopic (exact) mass is 356 g/mol. The van der Waals surface area contributed by atoms with Gasteiger partial charge in [-0.25, -0.2) is 9.97 Å². The number of methoxy groups -OCH3 is 1. The largest absolute Gasteiger partial charge is 0.471 e. The smallest absolute Gasteiger partial charge is 0.217 e. The maximum absolute atomic E-state index is 6.04. The van der Waals surface area contributed by atoms with E-state index in [1.807, 2.05) is 6.07 Å². The average molecular weight is 356 g/mol. The van der Waals surface area contributed by atoms with Crippen molar-refractivity contribution < 1.29 is 13.9 Å². The third-order valence-corrected chi connectivity index (χ3v) is 5.88. The van der Waals surface area contributed by atoms with Crippen LogP contribution in [-0.2, 0) is 11.3 Å². The molecule has 0 aromatic carbocycles. The molecule has 0 amide bonds. The molecule has 2 aliphatic carbocycles. The lowest BCUT2D eigenvalue weighted by molar-refractivity contribution is 0.0654. The summed E-state index contributed by atoms with van der Waals surface area (Å²) in [7, 11) is 1.81. The Morgan fingerprint density at radius 2 is 1.88 bits per heavy atom. The minimum Gasteiger partial charge on any atom is -0.471 e. The first-order chi connectivity index (χ1) is 12.8. The number of rotatable bonds is 6. The maximum Gasteiger partial charge on any atom is 0.217 e. The van der Waals surface area contributed by atoms with E-state index in [1.165, 1.54) is 31.2 Å². The Hall–Kier alpha value is -1.88. The number of hydrogen-bond acceptors (Lipinski definition) is 5. The fraction of sp³-hybridized carbons (Fsp3) is 0.619. The zero-order chi connectivity index (χ0) is 17.8. The van der Waals surface area contributed by atoms with Crippen molar-refractivity contribution in [1.29, 1.82) is 0 Å². The van der Waals surface area contributed by atoms with Gasteiger partial charge in [-0.3, -0.25) is 0 Å². The quantitative estimate of drug-likeness (QED) is 0.731. The van der Waals surface area contributed by atoms with Crippen LogP contribution >= 0.6 is 0 Å². The van der Waals surface area contributed by atoms with Crippen molar-refractivity contribution in [1.82, 2.24) is 9.97 Å². The van der Waals surface area contributed by atoms with Gasteiger partial charge in [0.25, 0.3) is 0 Å². The van der Waals surface area contributed by atoms with Crippen molar-refractivity contribution in [2.75, 3.05) is 7.11 Å². The second-order valence-corrected chi connectivity index (χ2v) is 7.55. The van der Waals surface area contributed by atoms with Crippen LogP contribution < -0.4 is 4.74 Å². The molecule has 2 aromatic heterocycles. The molecule has 0 radical (unpaired) electrons. The highest BCUT2D eigenvalue weighted by Crippen LogP contribution is 2.37. The third-order valence-electron chi connectivity index (χ3n) is 5.88. The summed E-state index contributed by atoms with van der Waals surface area (Å²) in [4.78, 5) is 9.12. The second-order valence-electron chi connectivity index (χ2n) is 7.55. The summed E-state index contributed by atoms with van der Waals surface area (Å²) in [6.45, 7) is 0.410. The van der Waals surface area contributed by atoms with Crippen LogP contribution in [0, 0.1) is 0 Å². The average Bonchev–Trinajstić information content (AvgIpc) is 3.38. The molecule has 2 heterocycles. The Balaban J connectivity index is 1.39. The zero-order valence-corrected chi connectivity index (χ0v) is 15.5. The second kappa shape index (κ2) is 8.21. The van der Waals surface area contributed by atoms with Gasteiger partial charge < -0.3 is 13.9 Å². The van der Waals surface area contributed by atoms with Crippen LogP contribution in [0.1, 0.15) is 80.4 Å². The first-order valence-corrected chi connectivity index (χ1v) is 9.88. The SMILES string of the molecule is COC1CCC(c2cccnc2OCc2coc(C3CCCC3)n2)CC1. The lowest BCUT2D eigenvalue weighted by Gasteiger charge is -2.28. The van der Waals surface area contributed by atoms with E-state index in [-0.39, 0.29) is 0 Å². The van der Waals surface area contributed by atoms with Crippen molar-refractivity contribution in [2.45, 2.75) is 75.9 Å². The van der Waals surface area contributed by atoms with Crippen LogP contribution in [0.15, 0.2) is 29.0 Å². The van der Waals surface area contributed by atoms with Crippen molar-refractivity contribution >= 4 is 0 Å². The van der Waals surface area contributed by atoms with Gasteiger partial charge in [0.1, 0.15) is 18.6 Å². The predicted molar refractivity (Wildman–Crippen MR) is 98.3 cm³/mol. The molecule has 5 heteroatoms. The van der Waals surface area contributed by atoms with E-state index in [2.05, 4.69) is 16.0 Å². The van der Waals surface area contributed by atoms with Crippen LogP contribution in [0.4, 0.5) is 0 Å². The van der Waals surface area contributed by atoms with Gasteiger partial charge in [0.2, 0.25) is 5.88 Å². The van der Waals surface area contributed by atoms with Gasteiger partial charge in [-0.2, -0.15) is 0 Å². The molecule has 2 aromatic rings. The molecule has 4 rings (SSSR count). The van der Waals surface area contributed by atoms with E-state index in [4.69, 9.17) is 13.9 Å². The third kappa shape index (κ3) is 3.93. The van der Waals surface area contributed by atoms with Crippen LogP contribution in [0.25, 0.3) is 0 Å². The molecule has 0 atom stereocenters. The highest BCUT2D eigenvalue weighted by Gasteiger charge is 2.25. The first-order valence-electron chi connectivity index (χ1n) is 9.88. The number of aromatic nitrogens is 2. The Kier molecular flexibility index (Phi) is 5.54. The van der Waals surface area contributed by atoms with Gasteiger partial charge in [-0.05, 0) is 50.5 Å². The van der Waals surface area contributed by atoms with Crippen molar-refractivity contribution in [3.8, 4) is 5.88 Å². The topological polar surface area (TPSA) is 57.4 Å². The fourth-order valence-electron chi connectivity index (χ4n) is 4.34. The van der Waals surface area contributed by atoms with E-state index in [1.54, 1.807) is 19.6 Å². The van der Waals surface area contributed by atoms with Crippen molar-refractivity contribution in [3.63, 3.8) is 0 Å². The molecule has 0 spiro atoms. The Morgan fingerprint density at radius 3 is 2.65 bits per heavy atom. The molecule has 0 N–H and O–H groups in total. The highest BCUT2D eigenvalue weighted by atomic mass is 16.5. The minimum absolute atomic E-state index is 0.399. The summed E-state index contributed by atoms with van der Waals surface area (Å²) >= 11 is 0. The summed E-state index contributed by atoms with van der Waals surface area (Å²) in [5, 5.41) is 0. The molecule has 0 aliphatic heterocycles. The summed E-state index contributed by atoms with van der Waals surface area (Å²) < 4.78 is 17.2. The number of ether oxygens (including phenoxy) is 2. The van der Waals surface area contributed by atoms with Gasteiger partial charge in [-0.1, -0.05) is 18.9 Å². The molecule has 26 heavy (non-hydrogen) atoms. The van der Waals surface area contributed by atoms with Crippen molar-refractivity contribution in [3.05, 3.63) is 41.7 Å². The van der Waals surface area contributed by atoms with E-state index < -0.39 is 0 Å². The van der Waals surface area contributed by atoms with Gasteiger partial charge >= 0.3 is 0 Å². The van der Waals surface area contributed by atoms with Gasteiger partial charge in [0.15, 0.2) is 5.89 Å². The molecule has 0 saturated heterocycles. The molecule has 0 unspecified atom stereocenters. The molecule has 2 aliphatic rings. The minimum atomic E-state index is 0.399. The van der Waals surface area contributed by atoms with Crippen LogP contribution in [-0.4, -0.2) is 23.2 Å². The van der Waals surface area contributed by atoms with E-state index in [9.17, 15) is 0 Å². The lowest BCUT2D eigenvalue weighted by atomic mass is 9.83. The molecular weight excluding hydrogens is 328 g/mol. The number of pyridine rings is 1. The van der Waals surface area contributed by atoms with E-state index in [0.29, 0.717) is 24.5 Å². The van der Waals surface area contributed by atoms with Gasteiger partial charge in [-0.15, -0.1) is 0 Å². The molecule has 2 saturated carbocycles. The first kappa shape index (κ1) is 17.5. The molecular formula is C21H28N2O3. The summed E-state index contributed by atoms with van der Waals surface area (Å²) in [5.74, 6) is 2.60. The van der Waals surface area contributed by atoms with Crippen LogP contribution in [0.5, 0.6) is 5.88 Å². The number of oxazole rings is 1. The summed E-state index contributed by atoms with van der Waals surface area (Å²) in [6, 6.07) is 4.14. The number of nitrogens with zero attached hydrogens (tertiary/aromatic N) is 2.